The van der Waals surface area contributed by atoms with E-state index in [0.29, 0.717) is 22.3 Å². The highest BCUT2D eigenvalue weighted by atomic mass is 16.6. The molecule has 0 radical (unpaired) electrons. The maximum absolute atomic E-state index is 13.6. The molecule has 1 saturated carbocycles. The third kappa shape index (κ3) is 4.96. The summed E-state index contributed by atoms with van der Waals surface area (Å²) in [4.78, 5) is 29.9. The molecule has 1 aliphatic carbocycles. The number of nitrogens with zero attached hydrogens (tertiary/aromatic N) is 4. The van der Waals surface area contributed by atoms with E-state index in [0.717, 1.165) is 42.0 Å². The molecule has 0 aliphatic heterocycles. The second kappa shape index (κ2) is 11.1. The van der Waals surface area contributed by atoms with Gasteiger partial charge in [0.1, 0.15) is 12.4 Å². The van der Waals surface area contributed by atoms with Crippen molar-refractivity contribution in [3.05, 3.63) is 122 Å². The van der Waals surface area contributed by atoms with Crippen molar-refractivity contribution in [2.24, 2.45) is 5.10 Å². The molecular formula is C32H28N4O4. The van der Waals surface area contributed by atoms with Crippen LogP contribution in [-0.4, -0.2) is 20.8 Å². The molecule has 0 saturated heterocycles. The molecule has 4 aromatic carbocycles. The molecule has 40 heavy (non-hydrogen) atoms. The highest BCUT2D eigenvalue weighted by Gasteiger charge is 2.23. The first-order valence-corrected chi connectivity index (χ1v) is 13.5. The van der Waals surface area contributed by atoms with Crippen molar-refractivity contribution < 1.29 is 9.66 Å². The largest absolute Gasteiger partial charge is 0.481 e. The van der Waals surface area contributed by atoms with Gasteiger partial charge in [0.2, 0.25) is 5.75 Å². The van der Waals surface area contributed by atoms with Crippen LogP contribution in [0.15, 0.2) is 94.8 Å². The zero-order valence-electron chi connectivity index (χ0n) is 21.9. The van der Waals surface area contributed by atoms with Crippen LogP contribution in [0.5, 0.6) is 5.75 Å². The number of ether oxygens (including phenoxy) is 1. The Morgan fingerprint density at radius 2 is 1.65 bits per heavy atom. The smallest absolute Gasteiger partial charge is 0.311 e. The van der Waals surface area contributed by atoms with Gasteiger partial charge in [0.25, 0.3) is 5.56 Å². The van der Waals surface area contributed by atoms with Crippen LogP contribution >= 0.6 is 0 Å². The minimum atomic E-state index is -0.465. The summed E-state index contributed by atoms with van der Waals surface area (Å²) < 4.78 is 7.49. The molecule has 0 unspecified atom stereocenters. The van der Waals surface area contributed by atoms with E-state index in [-0.39, 0.29) is 29.5 Å². The molecule has 0 atom stereocenters. The highest BCUT2D eigenvalue weighted by molar-refractivity contribution is 5.87. The van der Waals surface area contributed by atoms with Crippen LogP contribution in [0.4, 0.5) is 5.69 Å². The Labute approximate surface area is 230 Å². The van der Waals surface area contributed by atoms with Crippen LogP contribution in [0.25, 0.3) is 21.7 Å². The number of hydrogen-bond acceptors (Lipinski definition) is 6. The molecule has 0 N–H and O–H groups in total. The lowest BCUT2D eigenvalue weighted by Gasteiger charge is -2.22. The number of para-hydroxylation sites is 2. The average molecular weight is 533 g/mol. The number of fused-ring (bicyclic) bond motifs is 2. The molecule has 0 amide bonds. The van der Waals surface area contributed by atoms with E-state index < -0.39 is 4.92 Å². The molecule has 0 spiro atoms. The number of rotatable bonds is 7. The molecule has 1 aliphatic rings. The minimum absolute atomic E-state index is 0.102. The number of aromatic nitrogens is 2. The van der Waals surface area contributed by atoms with E-state index >= 15 is 0 Å². The van der Waals surface area contributed by atoms with Crippen molar-refractivity contribution in [1.82, 2.24) is 9.66 Å². The van der Waals surface area contributed by atoms with Gasteiger partial charge in [-0.25, -0.2) is 4.98 Å². The molecule has 0 bridgehead atoms. The third-order valence-corrected chi connectivity index (χ3v) is 7.53. The number of benzene rings is 4. The maximum atomic E-state index is 13.6. The lowest BCUT2D eigenvalue weighted by atomic mass is 9.88. The lowest BCUT2D eigenvalue weighted by molar-refractivity contribution is -0.385. The van der Waals surface area contributed by atoms with Crippen LogP contribution in [-0.2, 0) is 6.61 Å². The molecule has 8 heteroatoms. The van der Waals surface area contributed by atoms with Gasteiger partial charge >= 0.3 is 5.69 Å². The van der Waals surface area contributed by atoms with Crippen LogP contribution in [0.3, 0.4) is 0 Å². The van der Waals surface area contributed by atoms with Gasteiger partial charge in [-0.2, -0.15) is 9.78 Å². The van der Waals surface area contributed by atoms with Crippen LogP contribution < -0.4 is 10.3 Å². The van der Waals surface area contributed by atoms with Crippen LogP contribution in [0.2, 0.25) is 0 Å². The normalized spacial score (nSPS) is 14.2. The molecule has 8 nitrogen and oxygen atoms in total. The first-order chi connectivity index (χ1) is 19.6. The summed E-state index contributed by atoms with van der Waals surface area (Å²) in [5.41, 5.74) is 1.54. The van der Waals surface area contributed by atoms with Gasteiger partial charge in [0, 0.05) is 17.5 Å². The van der Waals surface area contributed by atoms with Crippen molar-refractivity contribution in [3.8, 4) is 5.75 Å². The van der Waals surface area contributed by atoms with Gasteiger partial charge in [-0.15, -0.1) is 0 Å². The Kier molecular flexibility index (Phi) is 7.06. The molecule has 1 fully saturated rings. The fourth-order valence-electron chi connectivity index (χ4n) is 5.51. The summed E-state index contributed by atoms with van der Waals surface area (Å²) in [6.45, 7) is 0.137. The van der Waals surface area contributed by atoms with Gasteiger partial charge < -0.3 is 4.74 Å². The SMILES string of the molecule is O=c1c2ccccc2nc(C2CCCCC2)n1N=Cc1cccc([N+](=O)[O-])c1OCc1cccc2ccccc12. The van der Waals surface area contributed by atoms with Gasteiger partial charge in [0.05, 0.1) is 22.0 Å². The second-order valence-electron chi connectivity index (χ2n) is 10.1. The van der Waals surface area contributed by atoms with Gasteiger partial charge in [0.15, 0.2) is 0 Å². The van der Waals surface area contributed by atoms with Crippen molar-refractivity contribution >= 4 is 33.6 Å². The summed E-state index contributed by atoms with van der Waals surface area (Å²) in [6, 6.07) is 25.8. The Hall–Kier alpha value is -4.85. The number of nitro benzene ring substituents is 1. The summed E-state index contributed by atoms with van der Waals surface area (Å²) in [5, 5.41) is 19.1. The summed E-state index contributed by atoms with van der Waals surface area (Å²) >= 11 is 0. The predicted octanol–water partition coefficient (Wildman–Crippen LogP) is 6.97. The molecular weight excluding hydrogens is 504 g/mol. The summed E-state index contributed by atoms with van der Waals surface area (Å²) in [7, 11) is 0. The van der Waals surface area contributed by atoms with Crippen molar-refractivity contribution in [2.45, 2.75) is 44.6 Å². The van der Waals surface area contributed by atoms with E-state index in [2.05, 4.69) is 5.10 Å². The van der Waals surface area contributed by atoms with Crippen molar-refractivity contribution in [2.75, 3.05) is 0 Å². The first-order valence-electron chi connectivity index (χ1n) is 13.5. The third-order valence-electron chi connectivity index (χ3n) is 7.53. The summed E-state index contributed by atoms with van der Waals surface area (Å²) in [6.07, 6.45) is 6.67. The predicted molar refractivity (Wildman–Crippen MR) is 156 cm³/mol. The zero-order chi connectivity index (χ0) is 27.5. The number of nitro groups is 1. The first kappa shape index (κ1) is 25.4. The van der Waals surface area contributed by atoms with E-state index in [1.807, 2.05) is 54.6 Å². The van der Waals surface area contributed by atoms with Gasteiger partial charge in [-0.1, -0.05) is 79.9 Å². The molecule has 1 aromatic heterocycles. The Bertz CT molecular complexity index is 1800. The van der Waals surface area contributed by atoms with E-state index in [1.54, 1.807) is 24.3 Å². The Balaban J connectivity index is 1.41. The average Bonchev–Trinajstić information content (AvgIpc) is 3.00. The minimum Gasteiger partial charge on any atom is -0.481 e. The Morgan fingerprint density at radius 3 is 2.48 bits per heavy atom. The molecule has 5 aromatic rings. The topological polar surface area (TPSA) is 99.6 Å². The van der Waals surface area contributed by atoms with E-state index in [9.17, 15) is 14.9 Å². The zero-order valence-corrected chi connectivity index (χ0v) is 21.9. The fraction of sp³-hybridized carbons (Fsp3) is 0.219. The fourth-order valence-corrected chi connectivity index (χ4v) is 5.51. The standard InChI is InChI=1S/C32H28N4O4/c37-32-27-17-6-7-18-28(27)34-31(23-11-2-1-3-12-23)35(32)33-20-24-14-9-19-29(36(38)39)30(24)40-21-25-15-8-13-22-10-4-5-16-26(22)25/h4-10,13-20,23H,1-3,11-12,21H2. The molecule has 1 heterocycles. The second-order valence-corrected chi connectivity index (χ2v) is 10.1. The maximum Gasteiger partial charge on any atom is 0.311 e. The Morgan fingerprint density at radius 1 is 0.925 bits per heavy atom. The highest BCUT2D eigenvalue weighted by Crippen LogP contribution is 2.33. The molecule has 6 rings (SSSR count). The lowest BCUT2D eigenvalue weighted by Crippen LogP contribution is -2.25. The van der Waals surface area contributed by atoms with Gasteiger partial charge in [-0.05, 0) is 47.4 Å². The van der Waals surface area contributed by atoms with Crippen LogP contribution in [0, 0.1) is 10.1 Å². The van der Waals surface area contributed by atoms with Crippen molar-refractivity contribution in [1.29, 1.82) is 0 Å². The van der Waals surface area contributed by atoms with E-state index in [1.165, 1.54) is 23.4 Å². The van der Waals surface area contributed by atoms with Crippen LogP contribution in [0.1, 0.15) is 55.0 Å². The summed E-state index contributed by atoms with van der Waals surface area (Å²) in [5.74, 6) is 0.851. The van der Waals surface area contributed by atoms with E-state index in [4.69, 9.17) is 9.72 Å². The monoisotopic (exact) mass is 532 g/mol. The van der Waals surface area contributed by atoms with Crippen molar-refractivity contribution in [3.63, 3.8) is 0 Å². The quantitative estimate of drug-likeness (QED) is 0.128. The molecule has 200 valence electrons. The number of hydrogen-bond donors (Lipinski definition) is 0. The van der Waals surface area contributed by atoms with Gasteiger partial charge in [-0.3, -0.25) is 14.9 Å².